The third kappa shape index (κ3) is 3.50. The highest BCUT2D eigenvalue weighted by Gasteiger charge is 2.39. The van der Waals surface area contributed by atoms with Gasteiger partial charge in [0.25, 0.3) is 5.91 Å². The van der Waals surface area contributed by atoms with Crippen molar-refractivity contribution in [1.82, 2.24) is 10.3 Å². The Morgan fingerprint density at radius 3 is 2.92 bits per heavy atom. The maximum atomic E-state index is 13.4. The molecule has 0 bridgehead atoms. The fraction of sp³-hybridized carbons (Fsp3) is 0.474. The Bertz CT molecular complexity index is 784. The number of rotatable bonds is 2. The summed E-state index contributed by atoms with van der Waals surface area (Å²) in [5.74, 6) is -0.509. The highest BCUT2D eigenvalue weighted by Crippen LogP contribution is 2.34. The fourth-order valence-electron chi connectivity index (χ4n) is 3.74. The quantitative estimate of drug-likeness (QED) is 0.910. The summed E-state index contributed by atoms with van der Waals surface area (Å²) in [6.07, 6.45) is 4.88. The lowest BCUT2D eigenvalue weighted by Gasteiger charge is -2.43. The van der Waals surface area contributed by atoms with E-state index in [4.69, 9.17) is 9.47 Å². The molecule has 0 radical (unpaired) electrons. The van der Waals surface area contributed by atoms with Crippen molar-refractivity contribution < 1.29 is 18.7 Å². The van der Waals surface area contributed by atoms with E-state index >= 15 is 0 Å². The summed E-state index contributed by atoms with van der Waals surface area (Å²) in [5, 5.41) is 3.72. The lowest BCUT2D eigenvalue weighted by molar-refractivity contribution is -0.139. The number of fused-ring (bicyclic) bond motifs is 1. The van der Waals surface area contributed by atoms with E-state index in [-0.39, 0.29) is 23.4 Å². The zero-order chi connectivity index (χ0) is 17.3. The van der Waals surface area contributed by atoms with E-state index in [1.165, 1.54) is 12.1 Å². The molecule has 2 aromatic rings. The number of halogens is 1. The smallest absolute Gasteiger partial charge is 0.253 e. The van der Waals surface area contributed by atoms with Gasteiger partial charge in [-0.3, -0.25) is 9.78 Å². The van der Waals surface area contributed by atoms with Gasteiger partial charge in [0.15, 0.2) is 0 Å². The van der Waals surface area contributed by atoms with E-state index in [1.807, 2.05) is 0 Å². The molecule has 1 N–H and O–H groups in total. The number of hydrogen-bond acceptors (Lipinski definition) is 4. The topological polar surface area (TPSA) is 60.5 Å². The van der Waals surface area contributed by atoms with Crippen LogP contribution in [0.5, 0.6) is 0 Å². The summed E-state index contributed by atoms with van der Waals surface area (Å²) >= 11 is 0. The van der Waals surface area contributed by atoms with E-state index in [0.717, 1.165) is 25.7 Å². The fourth-order valence-corrected chi connectivity index (χ4v) is 3.74. The average molecular weight is 344 g/mol. The minimum absolute atomic E-state index is 0.0718. The monoisotopic (exact) mass is 344 g/mol. The van der Waals surface area contributed by atoms with E-state index in [0.29, 0.717) is 36.3 Å². The molecule has 1 aromatic heterocycles. The molecule has 1 aromatic carbocycles. The predicted octanol–water partition coefficient (Wildman–Crippen LogP) is 2.83. The van der Waals surface area contributed by atoms with Crippen LogP contribution in [0.15, 0.2) is 30.5 Å². The van der Waals surface area contributed by atoms with Crippen LogP contribution in [0.25, 0.3) is 10.9 Å². The molecule has 25 heavy (non-hydrogen) atoms. The second-order valence-corrected chi connectivity index (χ2v) is 6.87. The van der Waals surface area contributed by atoms with Crippen LogP contribution in [0, 0.1) is 5.82 Å². The van der Waals surface area contributed by atoms with Gasteiger partial charge in [0.1, 0.15) is 5.82 Å². The van der Waals surface area contributed by atoms with Gasteiger partial charge in [0.05, 0.1) is 16.7 Å². The van der Waals surface area contributed by atoms with Crippen molar-refractivity contribution in [3.8, 4) is 0 Å². The van der Waals surface area contributed by atoms with E-state index in [2.05, 4.69) is 10.3 Å². The van der Waals surface area contributed by atoms with Gasteiger partial charge in [0.2, 0.25) is 0 Å². The molecule has 2 saturated heterocycles. The molecule has 5 nitrogen and oxygen atoms in total. The second-order valence-electron chi connectivity index (χ2n) is 6.87. The first-order valence-electron chi connectivity index (χ1n) is 8.71. The summed E-state index contributed by atoms with van der Waals surface area (Å²) < 4.78 is 24.8. The van der Waals surface area contributed by atoms with Crippen molar-refractivity contribution in [3.63, 3.8) is 0 Å². The predicted molar refractivity (Wildman–Crippen MR) is 90.9 cm³/mol. The van der Waals surface area contributed by atoms with Crippen LogP contribution in [0.4, 0.5) is 4.39 Å². The molecule has 4 rings (SSSR count). The standard InChI is InChI=1S/C19H21FN2O3/c20-15-1-2-17-13(10-15)9-14(12-21-17)18(23)22-16-3-6-25-19(11-16)4-7-24-8-5-19/h1-2,9-10,12,16H,3-8,11H2,(H,22,23). The maximum Gasteiger partial charge on any atom is 0.253 e. The van der Waals surface area contributed by atoms with Crippen LogP contribution < -0.4 is 5.32 Å². The van der Waals surface area contributed by atoms with E-state index in [1.54, 1.807) is 18.3 Å². The molecule has 1 amide bonds. The van der Waals surface area contributed by atoms with Crippen molar-refractivity contribution in [2.75, 3.05) is 19.8 Å². The number of amides is 1. The first-order chi connectivity index (χ1) is 12.1. The number of pyridine rings is 1. The number of aromatic nitrogens is 1. The van der Waals surface area contributed by atoms with Gasteiger partial charge >= 0.3 is 0 Å². The molecular formula is C19H21FN2O3. The van der Waals surface area contributed by atoms with Crippen molar-refractivity contribution in [2.45, 2.75) is 37.3 Å². The van der Waals surface area contributed by atoms with Crippen molar-refractivity contribution >= 4 is 16.8 Å². The summed E-state index contributed by atoms with van der Waals surface area (Å²) in [7, 11) is 0. The minimum atomic E-state index is -0.335. The SMILES string of the molecule is O=C(NC1CCOC2(CCOCC2)C1)c1cnc2ccc(F)cc2c1. The van der Waals surface area contributed by atoms with Crippen LogP contribution in [0.1, 0.15) is 36.0 Å². The number of carbonyl (C=O) groups is 1. The van der Waals surface area contributed by atoms with Crippen LogP contribution in [-0.2, 0) is 9.47 Å². The molecule has 0 aliphatic carbocycles. The zero-order valence-electron chi connectivity index (χ0n) is 14.0. The number of hydrogen-bond donors (Lipinski definition) is 1. The lowest BCUT2D eigenvalue weighted by Crippen LogP contribution is -2.51. The van der Waals surface area contributed by atoms with E-state index < -0.39 is 0 Å². The van der Waals surface area contributed by atoms with Crippen LogP contribution >= 0.6 is 0 Å². The third-order valence-electron chi connectivity index (χ3n) is 5.14. The summed E-state index contributed by atoms with van der Waals surface area (Å²) in [4.78, 5) is 16.9. The second kappa shape index (κ2) is 6.69. The van der Waals surface area contributed by atoms with Gasteiger partial charge in [-0.05, 0) is 49.9 Å². The Kier molecular flexibility index (Phi) is 4.39. The Labute approximate surface area is 145 Å². The van der Waals surface area contributed by atoms with Gasteiger partial charge in [-0.15, -0.1) is 0 Å². The maximum absolute atomic E-state index is 13.4. The largest absolute Gasteiger partial charge is 0.381 e. The number of nitrogens with zero attached hydrogens (tertiary/aromatic N) is 1. The Morgan fingerprint density at radius 2 is 2.08 bits per heavy atom. The Hall–Kier alpha value is -2.05. The molecular weight excluding hydrogens is 323 g/mol. The summed E-state index contributed by atoms with van der Waals surface area (Å²) in [6.45, 7) is 2.06. The van der Waals surface area contributed by atoms with Crippen molar-refractivity contribution in [1.29, 1.82) is 0 Å². The number of ether oxygens (including phenoxy) is 2. The number of benzene rings is 1. The lowest BCUT2D eigenvalue weighted by atomic mass is 9.84. The molecule has 132 valence electrons. The molecule has 2 aliphatic rings. The van der Waals surface area contributed by atoms with Gasteiger partial charge in [0, 0.05) is 37.4 Å². The molecule has 1 unspecified atom stereocenters. The molecule has 2 fully saturated rings. The number of nitrogens with one attached hydrogen (secondary N) is 1. The van der Waals surface area contributed by atoms with Gasteiger partial charge < -0.3 is 14.8 Å². The number of carbonyl (C=O) groups excluding carboxylic acids is 1. The summed E-state index contributed by atoms with van der Waals surface area (Å²) in [6, 6.07) is 6.13. The first kappa shape index (κ1) is 16.4. The van der Waals surface area contributed by atoms with Gasteiger partial charge in [-0.25, -0.2) is 4.39 Å². The van der Waals surface area contributed by atoms with Crippen molar-refractivity contribution in [2.24, 2.45) is 0 Å². The highest BCUT2D eigenvalue weighted by molar-refractivity contribution is 5.97. The third-order valence-corrected chi connectivity index (χ3v) is 5.14. The molecule has 6 heteroatoms. The van der Waals surface area contributed by atoms with Crippen LogP contribution in [0.2, 0.25) is 0 Å². The van der Waals surface area contributed by atoms with Crippen molar-refractivity contribution in [3.05, 3.63) is 41.8 Å². The molecule has 2 aliphatic heterocycles. The normalized spacial score (nSPS) is 22.8. The van der Waals surface area contributed by atoms with Crippen LogP contribution in [-0.4, -0.2) is 42.4 Å². The first-order valence-corrected chi connectivity index (χ1v) is 8.71. The van der Waals surface area contributed by atoms with Crippen LogP contribution in [0.3, 0.4) is 0 Å². The minimum Gasteiger partial charge on any atom is -0.381 e. The Morgan fingerprint density at radius 1 is 1.24 bits per heavy atom. The molecule has 1 atom stereocenters. The molecule has 1 spiro atoms. The highest BCUT2D eigenvalue weighted by atomic mass is 19.1. The Balaban J connectivity index is 1.47. The molecule has 3 heterocycles. The molecule has 0 saturated carbocycles. The van der Waals surface area contributed by atoms with Gasteiger partial charge in [-0.1, -0.05) is 0 Å². The zero-order valence-corrected chi connectivity index (χ0v) is 14.0. The average Bonchev–Trinajstić information content (AvgIpc) is 2.62. The van der Waals surface area contributed by atoms with Gasteiger partial charge in [-0.2, -0.15) is 0 Å². The van der Waals surface area contributed by atoms with E-state index in [9.17, 15) is 9.18 Å². The summed E-state index contributed by atoms with van der Waals surface area (Å²) in [5.41, 5.74) is 0.954.